The Bertz CT molecular complexity index is 936. The number of carboxylic acids is 1. The quantitative estimate of drug-likeness (QED) is 0.739. The van der Waals surface area contributed by atoms with E-state index in [9.17, 15) is 14.4 Å². The summed E-state index contributed by atoms with van der Waals surface area (Å²) < 4.78 is 10.4. The van der Waals surface area contributed by atoms with Gasteiger partial charge in [0, 0.05) is 0 Å². The van der Waals surface area contributed by atoms with E-state index in [-0.39, 0.29) is 5.24 Å². The fourth-order valence-electron chi connectivity index (χ4n) is 2.47. The monoisotopic (exact) mass is 399 g/mol. The zero-order valence-electron chi connectivity index (χ0n) is 15.1. The second kappa shape index (κ2) is 8.18. The maximum Gasteiger partial charge on any atom is 0.344 e. The number of amides is 2. The largest absolute Gasteiger partial charge is 0.497 e. The van der Waals surface area contributed by atoms with Gasteiger partial charge in [0.2, 0.25) is 0 Å². The maximum absolute atomic E-state index is 12.7. The van der Waals surface area contributed by atoms with Gasteiger partial charge in [-0.2, -0.15) is 0 Å². The van der Waals surface area contributed by atoms with Crippen LogP contribution in [-0.2, 0) is 9.59 Å². The summed E-state index contributed by atoms with van der Waals surface area (Å²) in [5.41, 5.74) is 1.16. The Morgan fingerprint density at radius 3 is 2.25 bits per heavy atom. The van der Waals surface area contributed by atoms with Gasteiger partial charge in [0.25, 0.3) is 11.1 Å². The van der Waals surface area contributed by atoms with E-state index < -0.39 is 18.0 Å². The molecule has 1 unspecified atom stereocenters. The summed E-state index contributed by atoms with van der Waals surface area (Å²) in [6, 6.07) is 13.2. The molecule has 1 atom stereocenters. The zero-order chi connectivity index (χ0) is 20.3. The number of methoxy groups -OCH3 is 1. The van der Waals surface area contributed by atoms with Gasteiger partial charge in [0.1, 0.15) is 11.5 Å². The van der Waals surface area contributed by atoms with Crippen LogP contribution in [-0.4, -0.2) is 35.4 Å². The second-order valence-corrected chi connectivity index (χ2v) is 6.88. The number of aliphatic carboxylic acids is 1. The van der Waals surface area contributed by atoms with Crippen LogP contribution in [0.3, 0.4) is 0 Å². The minimum absolute atomic E-state index is 0.299. The van der Waals surface area contributed by atoms with Crippen LogP contribution < -0.4 is 14.4 Å². The molecule has 0 aliphatic carbocycles. The number of imide groups is 1. The number of hydrogen-bond donors (Lipinski definition) is 1. The zero-order valence-corrected chi connectivity index (χ0v) is 15.9. The van der Waals surface area contributed by atoms with Gasteiger partial charge in [-0.05, 0) is 66.7 Å². The van der Waals surface area contributed by atoms with Gasteiger partial charge in [-0.25, -0.2) is 9.69 Å². The van der Waals surface area contributed by atoms with E-state index in [2.05, 4.69) is 0 Å². The molecular weight excluding hydrogens is 382 g/mol. The Labute approximate surface area is 165 Å². The van der Waals surface area contributed by atoms with Crippen LogP contribution in [0.5, 0.6) is 11.5 Å². The number of anilines is 1. The third-order valence-electron chi connectivity index (χ3n) is 3.96. The first-order valence-electron chi connectivity index (χ1n) is 8.30. The van der Waals surface area contributed by atoms with Gasteiger partial charge < -0.3 is 14.6 Å². The predicted molar refractivity (Wildman–Crippen MR) is 106 cm³/mol. The van der Waals surface area contributed by atoms with Gasteiger partial charge in [0.05, 0.1) is 17.7 Å². The number of carbonyl (C=O) groups is 3. The molecule has 1 saturated heterocycles. The Morgan fingerprint density at radius 2 is 1.68 bits per heavy atom. The summed E-state index contributed by atoms with van der Waals surface area (Å²) in [5, 5.41) is 8.49. The van der Waals surface area contributed by atoms with Gasteiger partial charge in [-0.1, -0.05) is 12.1 Å². The van der Waals surface area contributed by atoms with E-state index in [1.54, 1.807) is 54.6 Å². The van der Waals surface area contributed by atoms with Crippen LogP contribution in [0.4, 0.5) is 10.5 Å². The van der Waals surface area contributed by atoms with Crippen LogP contribution in [0.25, 0.3) is 6.08 Å². The van der Waals surface area contributed by atoms with Gasteiger partial charge >= 0.3 is 5.97 Å². The fraction of sp³-hybridized carbons (Fsp3) is 0.150. The molecule has 0 saturated carbocycles. The summed E-state index contributed by atoms with van der Waals surface area (Å²) >= 11 is 0.859. The van der Waals surface area contributed by atoms with Crippen molar-refractivity contribution in [3.05, 3.63) is 59.0 Å². The third kappa shape index (κ3) is 4.17. The Kier molecular flexibility index (Phi) is 5.70. The predicted octanol–water partition coefficient (Wildman–Crippen LogP) is 3.79. The molecule has 3 rings (SSSR count). The van der Waals surface area contributed by atoms with Crippen LogP contribution >= 0.6 is 11.8 Å². The van der Waals surface area contributed by atoms with Crippen LogP contribution in [0.1, 0.15) is 12.5 Å². The number of rotatable bonds is 6. The van der Waals surface area contributed by atoms with E-state index in [4.69, 9.17) is 14.6 Å². The molecule has 28 heavy (non-hydrogen) atoms. The van der Waals surface area contributed by atoms with Gasteiger partial charge in [-0.3, -0.25) is 9.59 Å². The number of carbonyl (C=O) groups excluding carboxylic acids is 2. The van der Waals surface area contributed by atoms with Crippen molar-refractivity contribution in [2.45, 2.75) is 13.0 Å². The molecule has 2 amide bonds. The number of carboxylic acid groups (broad SMARTS) is 1. The first kappa shape index (κ1) is 19.5. The molecule has 0 bridgehead atoms. The van der Waals surface area contributed by atoms with Crippen molar-refractivity contribution in [2.75, 3.05) is 12.0 Å². The molecular formula is C20H17NO6S. The first-order chi connectivity index (χ1) is 13.4. The van der Waals surface area contributed by atoms with Crippen molar-refractivity contribution < 1.29 is 29.0 Å². The number of ether oxygens (including phenoxy) is 2. The summed E-state index contributed by atoms with van der Waals surface area (Å²) in [5.74, 6) is -0.430. The minimum atomic E-state index is -1.06. The molecule has 144 valence electrons. The molecule has 2 aromatic rings. The molecule has 0 spiro atoms. The molecule has 0 aromatic heterocycles. The molecule has 1 N–H and O–H groups in total. The smallest absolute Gasteiger partial charge is 0.344 e. The highest BCUT2D eigenvalue weighted by Gasteiger charge is 2.36. The third-order valence-corrected chi connectivity index (χ3v) is 4.83. The molecule has 1 aliphatic heterocycles. The van der Waals surface area contributed by atoms with Crippen molar-refractivity contribution in [1.29, 1.82) is 0 Å². The van der Waals surface area contributed by atoms with Gasteiger partial charge in [-0.15, -0.1) is 0 Å². The summed E-state index contributed by atoms with van der Waals surface area (Å²) in [4.78, 5) is 37.2. The lowest BCUT2D eigenvalue weighted by Crippen LogP contribution is -2.27. The Hall–Kier alpha value is -3.26. The van der Waals surface area contributed by atoms with Crippen LogP contribution in [0, 0.1) is 0 Å². The van der Waals surface area contributed by atoms with Crippen molar-refractivity contribution >= 4 is 40.6 Å². The lowest BCUT2D eigenvalue weighted by molar-refractivity contribution is -0.144. The van der Waals surface area contributed by atoms with Crippen LogP contribution in [0.2, 0.25) is 0 Å². The number of nitrogens with zero attached hydrogens (tertiary/aromatic N) is 1. The number of hydrogen-bond acceptors (Lipinski definition) is 6. The molecule has 1 heterocycles. The average molecular weight is 399 g/mol. The standard InChI is InChI=1S/C20H17NO6S/c1-12(19(23)24)27-16-7-3-13(4-8-16)11-17-18(22)21(20(25)28-17)14-5-9-15(26-2)10-6-14/h3-12H,1-2H3,(H,23,24)/b17-11+. The number of thioether (sulfide) groups is 1. The summed E-state index contributed by atoms with van der Waals surface area (Å²) in [6.07, 6.45) is 0.644. The highest BCUT2D eigenvalue weighted by atomic mass is 32.2. The summed E-state index contributed by atoms with van der Waals surface area (Å²) in [7, 11) is 1.54. The fourth-order valence-corrected chi connectivity index (χ4v) is 3.31. The minimum Gasteiger partial charge on any atom is -0.497 e. The SMILES string of the molecule is COc1ccc(N2C(=O)S/C(=C/c3ccc(OC(C)C(=O)O)cc3)C2=O)cc1. The topological polar surface area (TPSA) is 93.1 Å². The average Bonchev–Trinajstić information content (AvgIpc) is 2.96. The normalized spacial score (nSPS) is 16.4. The molecule has 8 heteroatoms. The van der Waals surface area contributed by atoms with Crippen LogP contribution in [0.15, 0.2) is 53.4 Å². The highest BCUT2D eigenvalue weighted by Crippen LogP contribution is 2.36. The summed E-state index contributed by atoms with van der Waals surface area (Å²) in [6.45, 7) is 1.44. The van der Waals surface area contributed by atoms with Crippen molar-refractivity contribution in [2.24, 2.45) is 0 Å². The molecule has 0 radical (unpaired) electrons. The number of benzene rings is 2. The van der Waals surface area contributed by atoms with E-state index in [1.807, 2.05) is 0 Å². The van der Waals surface area contributed by atoms with E-state index in [1.165, 1.54) is 14.0 Å². The van der Waals surface area contributed by atoms with E-state index in [0.29, 0.717) is 27.7 Å². The molecule has 1 fully saturated rings. The van der Waals surface area contributed by atoms with Crippen molar-refractivity contribution in [1.82, 2.24) is 0 Å². The Morgan fingerprint density at radius 1 is 1.07 bits per heavy atom. The van der Waals surface area contributed by atoms with Crippen molar-refractivity contribution in [3.8, 4) is 11.5 Å². The Balaban J connectivity index is 1.76. The highest BCUT2D eigenvalue weighted by molar-refractivity contribution is 8.19. The molecule has 1 aliphatic rings. The van der Waals surface area contributed by atoms with Gasteiger partial charge in [0.15, 0.2) is 6.10 Å². The lowest BCUT2D eigenvalue weighted by atomic mass is 10.2. The van der Waals surface area contributed by atoms with E-state index in [0.717, 1.165) is 16.7 Å². The first-order valence-corrected chi connectivity index (χ1v) is 9.12. The van der Waals surface area contributed by atoms with Crippen molar-refractivity contribution in [3.63, 3.8) is 0 Å². The molecule has 2 aromatic carbocycles. The second-order valence-electron chi connectivity index (χ2n) is 5.88. The molecule has 7 nitrogen and oxygen atoms in total. The van der Waals surface area contributed by atoms with E-state index >= 15 is 0 Å². The maximum atomic E-state index is 12.7. The lowest BCUT2D eigenvalue weighted by Gasteiger charge is -2.12.